The van der Waals surface area contributed by atoms with Crippen LogP contribution in [0, 0.1) is 11.6 Å². The number of rotatable bonds is 4. The predicted molar refractivity (Wildman–Crippen MR) is 57.4 cm³/mol. The molecule has 5 heteroatoms. The quantitative estimate of drug-likeness (QED) is 0.761. The Morgan fingerprint density at radius 3 is 2.75 bits per heavy atom. The van der Waals surface area contributed by atoms with Crippen molar-refractivity contribution in [1.82, 2.24) is 0 Å². The molecule has 1 heterocycles. The van der Waals surface area contributed by atoms with Crippen LogP contribution in [0.3, 0.4) is 0 Å². The lowest BCUT2D eigenvalue weighted by atomic mass is 10.3. The van der Waals surface area contributed by atoms with E-state index >= 15 is 0 Å². The van der Waals surface area contributed by atoms with E-state index in [0.29, 0.717) is 30.3 Å². The summed E-state index contributed by atoms with van der Waals surface area (Å²) in [6, 6.07) is 3.46. The Balaban J connectivity index is 1.82. The summed E-state index contributed by atoms with van der Waals surface area (Å²) in [5.41, 5.74) is 0. The van der Waals surface area contributed by atoms with Gasteiger partial charge in [0.2, 0.25) is 0 Å². The van der Waals surface area contributed by atoms with Gasteiger partial charge in [-0.2, -0.15) is 0 Å². The van der Waals surface area contributed by atoms with Gasteiger partial charge in [0.1, 0.15) is 11.6 Å². The van der Waals surface area contributed by atoms with Crippen molar-refractivity contribution >= 4 is 11.8 Å². The molecule has 1 aliphatic heterocycles. The minimum absolute atomic E-state index is 0.191. The summed E-state index contributed by atoms with van der Waals surface area (Å²) >= 11 is 1.27. The topological polar surface area (TPSA) is 18.5 Å². The first-order valence-corrected chi connectivity index (χ1v) is 6.05. The molecule has 0 aliphatic carbocycles. The SMILES string of the molecule is Fc1ccc(F)c(SCCC2OCCO2)c1. The third-order valence-corrected chi connectivity index (χ3v) is 3.26. The number of hydrogen-bond donors (Lipinski definition) is 0. The van der Waals surface area contributed by atoms with Crippen LogP contribution in [0.25, 0.3) is 0 Å². The Bertz CT molecular complexity index is 354. The maximum atomic E-state index is 13.2. The smallest absolute Gasteiger partial charge is 0.158 e. The normalized spacial score (nSPS) is 16.9. The maximum absolute atomic E-state index is 13.2. The highest BCUT2D eigenvalue weighted by molar-refractivity contribution is 7.99. The maximum Gasteiger partial charge on any atom is 0.158 e. The van der Waals surface area contributed by atoms with Gasteiger partial charge in [-0.3, -0.25) is 0 Å². The first-order valence-electron chi connectivity index (χ1n) is 5.07. The first kappa shape index (κ1) is 11.8. The minimum atomic E-state index is -0.419. The number of hydrogen-bond acceptors (Lipinski definition) is 3. The average molecular weight is 246 g/mol. The van der Waals surface area contributed by atoms with Crippen LogP contribution in [0.5, 0.6) is 0 Å². The Morgan fingerprint density at radius 2 is 2.00 bits per heavy atom. The molecule has 0 N–H and O–H groups in total. The standard InChI is InChI=1S/C11H12F2O2S/c12-8-1-2-9(13)10(7-8)16-6-3-11-14-4-5-15-11/h1-2,7,11H,3-6H2. The molecule has 1 saturated heterocycles. The number of thioether (sulfide) groups is 1. The van der Waals surface area contributed by atoms with Gasteiger partial charge in [-0.25, -0.2) is 8.78 Å². The van der Waals surface area contributed by atoms with Gasteiger partial charge in [0.25, 0.3) is 0 Å². The third-order valence-electron chi connectivity index (χ3n) is 2.20. The van der Waals surface area contributed by atoms with Gasteiger partial charge in [-0.1, -0.05) is 0 Å². The molecule has 1 fully saturated rings. The fraction of sp³-hybridized carbons (Fsp3) is 0.455. The molecule has 1 aromatic carbocycles. The molecule has 1 aliphatic rings. The van der Waals surface area contributed by atoms with E-state index < -0.39 is 5.82 Å². The molecule has 0 aromatic heterocycles. The highest BCUT2D eigenvalue weighted by atomic mass is 32.2. The second-order valence-electron chi connectivity index (χ2n) is 3.38. The lowest BCUT2D eigenvalue weighted by Gasteiger charge is -2.08. The van der Waals surface area contributed by atoms with Crippen LogP contribution in [0.15, 0.2) is 23.1 Å². The van der Waals surface area contributed by atoms with E-state index in [4.69, 9.17) is 9.47 Å². The van der Waals surface area contributed by atoms with Crippen LogP contribution >= 0.6 is 11.8 Å². The van der Waals surface area contributed by atoms with Crippen LogP contribution < -0.4 is 0 Å². The molecule has 2 nitrogen and oxygen atoms in total. The zero-order valence-corrected chi connectivity index (χ0v) is 9.43. The lowest BCUT2D eigenvalue weighted by Crippen LogP contribution is -2.08. The van der Waals surface area contributed by atoms with Crippen molar-refractivity contribution < 1.29 is 18.3 Å². The van der Waals surface area contributed by atoms with Gasteiger partial charge in [0.15, 0.2) is 6.29 Å². The highest BCUT2D eigenvalue weighted by Gasteiger charge is 2.15. The van der Waals surface area contributed by atoms with E-state index in [1.54, 1.807) is 0 Å². The van der Waals surface area contributed by atoms with Gasteiger partial charge in [0, 0.05) is 17.1 Å². The van der Waals surface area contributed by atoms with Gasteiger partial charge >= 0.3 is 0 Å². The van der Waals surface area contributed by atoms with Gasteiger partial charge in [0.05, 0.1) is 13.2 Å². The van der Waals surface area contributed by atoms with Gasteiger partial charge < -0.3 is 9.47 Å². The van der Waals surface area contributed by atoms with E-state index in [0.717, 1.165) is 12.1 Å². The van der Waals surface area contributed by atoms with Crippen molar-refractivity contribution in [1.29, 1.82) is 0 Å². The van der Waals surface area contributed by atoms with Gasteiger partial charge in [-0.05, 0) is 18.2 Å². The van der Waals surface area contributed by atoms with Crippen molar-refractivity contribution in [3.05, 3.63) is 29.8 Å². The summed E-state index contributed by atoms with van der Waals surface area (Å²) in [6.45, 7) is 1.23. The summed E-state index contributed by atoms with van der Waals surface area (Å²) in [7, 11) is 0. The van der Waals surface area contributed by atoms with E-state index in [1.807, 2.05) is 0 Å². The van der Waals surface area contributed by atoms with Crippen molar-refractivity contribution in [3.8, 4) is 0 Å². The van der Waals surface area contributed by atoms with Crippen molar-refractivity contribution in [2.75, 3.05) is 19.0 Å². The Kier molecular flexibility index (Phi) is 4.15. The molecule has 0 saturated carbocycles. The molecule has 0 spiro atoms. The Morgan fingerprint density at radius 1 is 1.25 bits per heavy atom. The number of halogens is 2. The van der Waals surface area contributed by atoms with E-state index in [2.05, 4.69) is 0 Å². The number of ether oxygens (including phenoxy) is 2. The summed E-state index contributed by atoms with van der Waals surface area (Å²) in [4.78, 5) is 0.331. The average Bonchev–Trinajstić information content (AvgIpc) is 2.76. The van der Waals surface area contributed by atoms with Crippen LogP contribution in [-0.4, -0.2) is 25.3 Å². The Labute approximate surface area is 96.9 Å². The third kappa shape index (κ3) is 3.17. The molecule has 88 valence electrons. The second-order valence-corrected chi connectivity index (χ2v) is 4.52. The molecule has 0 amide bonds. The minimum Gasteiger partial charge on any atom is -0.350 e. The van der Waals surface area contributed by atoms with Crippen molar-refractivity contribution in [3.63, 3.8) is 0 Å². The van der Waals surface area contributed by atoms with Crippen molar-refractivity contribution in [2.45, 2.75) is 17.6 Å². The number of benzene rings is 1. The largest absolute Gasteiger partial charge is 0.350 e. The van der Waals surface area contributed by atoms with Crippen LogP contribution in [0.1, 0.15) is 6.42 Å². The molecule has 16 heavy (non-hydrogen) atoms. The van der Waals surface area contributed by atoms with E-state index in [9.17, 15) is 8.78 Å². The fourth-order valence-electron chi connectivity index (χ4n) is 1.43. The molecule has 2 rings (SSSR count). The lowest BCUT2D eigenvalue weighted by molar-refractivity contribution is -0.0421. The molecule has 0 bridgehead atoms. The summed E-state index contributed by atoms with van der Waals surface area (Å²) in [6.07, 6.45) is 0.491. The van der Waals surface area contributed by atoms with Gasteiger partial charge in [-0.15, -0.1) is 11.8 Å². The molecular weight excluding hydrogens is 234 g/mol. The van der Waals surface area contributed by atoms with E-state index in [1.165, 1.54) is 17.8 Å². The Hall–Kier alpha value is -0.650. The molecule has 0 atom stereocenters. The monoisotopic (exact) mass is 246 g/mol. The molecule has 0 radical (unpaired) electrons. The second kappa shape index (κ2) is 5.61. The van der Waals surface area contributed by atoms with Crippen molar-refractivity contribution in [2.24, 2.45) is 0 Å². The molecule has 0 unspecified atom stereocenters. The van der Waals surface area contributed by atoms with Crippen LogP contribution in [-0.2, 0) is 9.47 Å². The molecule has 1 aromatic rings. The zero-order valence-electron chi connectivity index (χ0n) is 8.62. The first-order chi connectivity index (χ1) is 7.75. The van der Waals surface area contributed by atoms with Crippen LogP contribution in [0.2, 0.25) is 0 Å². The summed E-state index contributed by atoms with van der Waals surface area (Å²) in [5, 5.41) is 0. The van der Waals surface area contributed by atoms with E-state index in [-0.39, 0.29) is 12.1 Å². The summed E-state index contributed by atoms with van der Waals surface area (Å²) < 4.78 is 36.5. The molecular formula is C11H12F2O2S. The highest BCUT2D eigenvalue weighted by Crippen LogP contribution is 2.24. The predicted octanol–water partition coefficient (Wildman–Crippen LogP) is 2.82. The zero-order chi connectivity index (χ0) is 11.4. The van der Waals surface area contributed by atoms with Crippen LogP contribution in [0.4, 0.5) is 8.78 Å². The summed E-state index contributed by atoms with van der Waals surface area (Å²) in [5.74, 6) is -0.165. The fourth-order valence-corrected chi connectivity index (χ4v) is 2.36.